The molecule has 0 fully saturated rings. The lowest BCUT2D eigenvalue weighted by molar-refractivity contribution is 1.19. The summed E-state index contributed by atoms with van der Waals surface area (Å²) in [5, 5.41) is 4.39. The van der Waals surface area contributed by atoms with Gasteiger partial charge in [-0.25, -0.2) is 4.98 Å². The van der Waals surface area contributed by atoms with E-state index in [9.17, 15) is 0 Å². The van der Waals surface area contributed by atoms with Crippen LogP contribution in [-0.4, -0.2) is 4.98 Å². The van der Waals surface area contributed by atoms with E-state index in [-0.39, 0.29) is 0 Å². The highest BCUT2D eigenvalue weighted by molar-refractivity contribution is 7.18. The number of aryl methyl sites for hydroxylation is 1. The Kier molecular flexibility index (Phi) is 3.35. The third-order valence-electron chi connectivity index (χ3n) is 2.75. The van der Waals surface area contributed by atoms with Gasteiger partial charge in [0.1, 0.15) is 0 Å². The fraction of sp³-hybridized carbons (Fsp3) is 0.154. The Morgan fingerprint density at radius 3 is 2.89 bits per heavy atom. The Hall–Kier alpha value is -1.30. The van der Waals surface area contributed by atoms with Gasteiger partial charge in [0.2, 0.25) is 0 Å². The second-order valence-electron chi connectivity index (χ2n) is 4.20. The number of halogens is 1. The molecule has 0 atom stereocenters. The van der Waals surface area contributed by atoms with Crippen molar-refractivity contribution in [3.8, 4) is 0 Å². The lowest BCUT2D eigenvalue weighted by atomic mass is 10.2. The van der Waals surface area contributed by atoms with Crippen LogP contribution >= 0.6 is 34.3 Å². The van der Waals surface area contributed by atoms with Crippen molar-refractivity contribution in [2.24, 2.45) is 0 Å². The summed E-state index contributed by atoms with van der Waals surface area (Å²) in [6.45, 7) is 2.72. The van der Waals surface area contributed by atoms with E-state index in [1.807, 2.05) is 31.2 Å². The largest absolute Gasteiger partial charge is 0.397 e. The zero-order valence-corrected chi connectivity index (χ0v) is 12.6. The standard InChI is InChI=1S/C13H12ClN3S2/c1-7-17-11-5-10(9(15)4-12(11)18-7)16-6-8-2-3-13(14)19-8/h2-5,16H,6,15H2,1H3. The summed E-state index contributed by atoms with van der Waals surface area (Å²) in [7, 11) is 0. The van der Waals surface area contributed by atoms with Crippen LogP contribution in [0.25, 0.3) is 10.2 Å². The predicted molar refractivity (Wildman–Crippen MR) is 85.4 cm³/mol. The Morgan fingerprint density at radius 2 is 2.16 bits per heavy atom. The number of thiophene rings is 1. The number of hydrogen-bond acceptors (Lipinski definition) is 5. The molecule has 2 aromatic heterocycles. The average Bonchev–Trinajstić information content (AvgIpc) is 2.91. The number of thiazole rings is 1. The summed E-state index contributed by atoms with van der Waals surface area (Å²) in [5.41, 5.74) is 8.72. The molecule has 0 amide bonds. The van der Waals surface area contributed by atoms with Crippen molar-refractivity contribution in [1.29, 1.82) is 0 Å². The van der Waals surface area contributed by atoms with Crippen LogP contribution in [0.2, 0.25) is 4.34 Å². The summed E-state index contributed by atoms with van der Waals surface area (Å²) in [6, 6.07) is 7.90. The molecular formula is C13H12ClN3S2. The topological polar surface area (TPSA) is 50.9 Å². The third kappa shape index (κ3) is 2.68. The van der Waals surface area contributed by atoms with Crippen molar-refractivity contribution in [2.45, 2.75) is 13.5 Å². The molecule has 2 heterocycles. The normalized spacial score (nSPS) is 11.1. The quantitative estimate of drug-likeness (QED) is 0.700. The molecule has 3 N–H and O–H groups in total. The molecule has 1 aromatic carbocycles. The first-order valence-electron chi connectivity index (χ1n) is 5.76. The lowest BCUT2D eigenvalue weighted by Gasteiger charge is -2.08. The minimum Gasteiger partial charge on any atom is -0.397 e. The van der Waals surface area contributed by atoms with E-state index in [0.29, 0.717) is 0 Å². The summed E-state index contributed by atoms with van der Waals surface area (Å²) in [4.78, 5) is 5.66. The van der Waals surface area contributed by atoms with Gasteiger partial charge in [0.05, 0.1) is 30.9 Å². The summed E-state index contributed by atoms with van der Waals surface area (Å²) < 4.78 is 1.93. The predicted octanol–water partition coefficient (Wildman–Crippen LogP) is 4.51. The zero-order valence-electron chi connectivity index (χ0n) is 10.2. The minimum atomic E-state index is 0.718. The number of fused-ring (bicyclic) bond motifs is 1. The van der Waals surface area contributed by atoms with Gasteiger partial charge in [-0.1, -0.05) is 11.6 Å². The van der Waals surface area contributed by atoms with Gasteiger partial charge in [0, 0.05) is 11.4 Å². The summed E-state index contributed by atoms with van der Waals surface area (Å²) in [6.07, 6.45) is 0. The van der Waals surface area contributed by atoms with Crippen LogP contribution in [0.15, 0.2) is 24.3 Å². The number of rotatable bonds is 3. The van der Waals surface area contributed by atoms with Crippen molar-refractivity contribution < 1.29 is 0 Å². The second kappa shape index (κ2) is 5.00. The number of aromatic nitrogens is 1. The van der Waals surface area contributed by atoms with E-state index in [1.54, 1.807) is 22.7 Å². The molecule has 0 saturated carbocycles. The Morgan fingerprint density at radius 1 is 1.32 bits per heavy atom. The zero-order chi connectivity index (χ0) is 13.4. The van der Waals surface area contributed by atoms with E-state index in [4.69, 9.17) is 17.3 Å². The van der Waals surface area contributed by atoms with E-state index in [2.05, 4.69) is 10.3 Å². The molecule has 0 aliphatic carbocycles. The molecule has 0 bridgehead atoms. The lowest BCUT2D eigenvalue weighted by Crippen LogP contribution is -2.01. The van der Waals surface area contributed by atoms with Crippen LogP contribution in [0.1, 0.15) is 9.88 Å². The number of hydrogen-bond donors (Lipinski definition) is 2. The Labute approximate surface area is 124 Å². The van der Waals surface area contributed by atoms with Crippen molar-refractivity contribution in [2.75, 3.05) is 11.1 Å². The molecule has 0 spiro atoms. The first kappa shape index (κ1) is 12.7. The van der Waals surface area contributed by atoms with Crippen molar-refractivity contribution in [3.63, 3.8) is 0 Å². The van der Waals surface area contributed by atoms with Crippen LogP contribution in [0.3, 0.4) is 0 Å². The number of anilines is 2. The smallest absolute Gasteiger partial charge is 0.0931 e. The van der Waals surface area contributed by atoms with E-state index in [1.165, 1.54) is 4.88 Å². The van der Waals surface area contributed by atoms with Crippen molar-refractivity contribution in [3.05, 3.63) is 38.5 Å². The highest BCUT2D eigenvalue weighted by Gasteiger charge is 2.06. The molecule has 0 unspecified atom stereocenters. The van der Waals surface area contributed by atoms with Gasteiger partial charge < -0.3 is 11.1 Å². The van der Waals surface area contributed by atoms with E-state index < -0.39 is 0 Å². The van der Waals surface area contributed by atoms with Crippen LogP contribution < -0.4 is 11.1 Å². The van der Waals surface area contributed by atoms with Gasteiger partial charge in [-0.3, -0.25) is 0 Å². The molecule has 3 aromatic rings. The Balaban J connectivity index is 1.85. The number of nitrogen functional groups attached to an aromatic ring is 1. The van der Waals surface area contributed by atoms with Gasteiger partial charge in [-0.15, -0.1) is 22.7 Å². The molecule has 0 radical (unpaired) electrons. The number of nitrogens with one attached hydrogen (secondary N) is 1. The molecule has 19 heavy (non-hydrogen) atoms. The third-order valence-corrected chi connectivity index (χ3v) is 4.91. The van der Waals surface area contributed by atoms with Crippen LogP contribution in [0, 0.1) is 6.92 Å². The number of nitrogens with two attached hydrogens (primary N) is 1. The molecule has 0 aliphatic rings. The second-order valence-corrected chi connectivity index (χ2v) is 7.23. The Bertz CT molecular complexity index is 733. The average molecular weight is 310 g/mol. The maximum Gasteiger partial charge on any atom is 0.0931 e. The van der Waals surface area contributed by atoms with E-state index in [0.717, 1.165) is 37.5 Å². The minimum absolute atomic E-state index is 0.718. The summed E-state index contributed by atoms with van der Waals surface area (Å²) >= 11 is 9.14. The molecule has 3 rings (SSSR count). The van der Waals surface area contributed by atoms with Crippen molar-refractivity contribution in [1.82, 2.24) is 4.98 Å². The maximum absolute atomic E-state index is 6.06. The van der Waals surface area contributed by atoms with Gasteiger partial charge in [-0.2, -0.15) is 0 Å². The first-order chi connectivity index (χ1) is 9.11. The fourth-order valence-corrected chi connectivity index (χ4v) is 3.77. The summed E-state index contributed by atoms with van der Waals surface area (Å²) in [5.74, 6) is 0. The van der Waals surface area contributed by atoms with Gasteiger partial charge in [0.15, 0.2) is 0 Å². The molecule has 98 valence electrons. The fourth-order valence-electron chi connectivity index (χ4n) is 1.89. The van der Waals surface area contributed by atoms with E-state index >= 15 is 0 Å². The van der Waals surface area contributed by atoms with Gasteiger partial charge in [-0.05, 0) is 31.2 Å². The molecule has 0 saturated heterocycles. The molecule has 3 nitrogen and oxygen atoms in total. The van der Waals surface area contributed by atoms with Crippen LogP contribution in [-0.2, 0) is 6.54 Å². The van der Waals surface area contributed by atoms with Crippen LogP contribution in [0.4, 0.5) is 11.4 Å². The first-order valence-corrected chi connectivity index (χ1v) is 7.77. The van der Waals surface area contributed by atoms with Crippen molar-refractivity contribution >= 4 is 55.9 Å². The maximum atomic E-state index is 6.06. The molecule has 6 heteroatoms. The number of benzene rings is 1. The van der Waals surface area contributed by atoms with Gasteiger partial charge >= 0.3 is 0 Å². The molecule has 0 aliphatic heterocycles. The SMILES string of the molecule is Cc1nc2cc(NCc3ccc(Cl)s3)c(N)cc2s1. The van der Waals surface area contributed by atoms with Crippen LogP contribution in [0.5, 0.6) is 0 Å². The highest BCUT2D eigenvalue weighted by atomic mass is 35.5. The van der Waals surface area contributed by atoms with Gasteiger partial charge in [0.25, 0.3) is 0 Å². The monoisotopic (exact) mass is 309 g/mol. The molecular weight excluding hydrogens is 298 g/mol. The highest BCUT2D eigenvalue weighted by Crippen LogP contribution is 2.30. The number of nitrogens with zero attached hydrogens (tertiary/aromatic N) is 1.